The van der Waals surface area contributed by atoms with Crippen molar-refractivity contribution in [1.82, 2.24) is 0 Å². The molecular formula is C11H14F3NO4S2. The molecule has 0 saturated carbocycles. The number of alkyl halides is 3. The van der Waals surface area contributed by atoms with Gasteiger partial charge in [0.25, 0.3) is 0 Å². The zero-order chi connectivity index (χ0) is 16.5. The van der Waals surface area contributed by atoms with Crippen LogP contribution >= 0.6 is 0 Å². The van der Waals surface area contributed by atoms with Crippen LogP contribution in [0.25, 0.3) is 0 Å². The maximum absolute atomic E-state index is 12.8. The lowest BCUT2D eigenvalue weighted by Crippen LogP contribution is -2.19. The average Bonchev–Trinajstić information content (AvgIpc) is 2.27. The molecule has 0 radical (unpaired) electrons. The SMILES string of the molecule is CS(=O)(=O)CCS(=O)(=O)Cc1ccc(N)cc1C(F)(F)F. The summed E-state index contributed by atoms with van der Waals surface area (Å²) in [6.07, 6.45) is -3.88. The molecule has 1 aromatic carbocycles. The second-order valence-corrected chi connectivity index (χ2v) is 9.08. The first-order chi connectivity index (χ1) is 9.30. The fourth-order valence-electron chi connectivity index (χ4n) is 1.57. The highest BCUT2D eigenvalue weighted by Gasteiger charge is 2.34. The molecule has 120 valence electrons. The minimum atomic E-state index is -4.74. The van der Waals surface area contributed by atoms with Gasteiger partial charge in [-0.2, -0.15) is 13.2 Å². The van der Waals surface area contributed by atoms with Gasteiger partial charge in [0.15, 0.2) is 9.84 Å². The molecule has 21 heavy (non-hydrogen) atoms. The van der Waals surface area contributed by atoms with Crippen molar-refractivity contribution >= 4 is 25.4 Å². The van der Waals surface area contributed by atoms with Crippen molar-refractivity contribution in [3.8, 4) is 0 Å². The van der Waals surface area contributed by atoms with Crippen molar-refractivity contribution in [3.05, 3.63) is 29.3 Å². The Morgan fingerprint density at radius 1 is 1.10 bits per heavy atom. The summed E-state index contributed by atoms with van der Waals surface area (Å²) in [7, 11) is -7.50. The summed E-state index contributed by atoms with van der Waals surface area (Å²) >= 11 is 0. The Morgan fingerprint density at radius 3 is 2.14 bits per heavy atom. The quantitative estimate of drug-likeness (QED) is 0.811. The van der Waals surface area contributed by atoms with Gasteiger partial charge >= 0.3 is 6.18 Å². The number of anilines is 1. The Kier molecular flexibility index (Phi) is 4.94. The summed E-state index contributed by atoms with van der Waals surface area (Å²) in [6.45, 7) is 0. The topological polar surface area (TPSA) is 94.3 Å². The number of nitrogens with two attached hydrogens (primary N) is 1. The van der Waals surface area contributed by atoms with Crippen molar-refractivity contribution in [3.63, 3.8) is 0 Å². The van der Waals surface area contributed by atoms with E-state index in [1.54, 1.807) is 0 Å². The van der Waals surface area contributed by atoms with Gasteiger partial charge in [-0.3, -0.25) is 0 Å². The molecule has 0 saturated heterocycles. The van der Waals surface area contributed by atoms with Gasteiger partial charge in [-0.25, -0.2) is 16.8 Å². The second-order valence-electron chi connectivity index (χ2n) is 4.64. The third-order valence-corrected chi connectivity index (χ3v) is 5.36. The van der Waals surface area contributed by atoms with Gasteiger partial charge in [0, 0.05) is 11.9 Å². The molecule has 5 nitrogen and oxygen atoms in total. The van der Waals surface area contributed by atoms with E-state index in [-0.39, 0.29) is 5.69 Å². The molecule has 0 aromatic heterocycles. The van der Waals surface area contributed by atoms with Crippen LogP contribution in [-0.2, 0) is 31.6 Å². The van der Waals surface area contributed by atoms with Gasteiger partial charge in [-0.1, -0.05) is 6.07 Å². The minimum Gasteiger partial charge on any atom is -0.399 e. The normalized spacial score (nSPS) is 13.3. The second kappa shape index (κ2) is 5.84. The molecule has 0 heterocycles. The van der Waals surface area contributed by atoms with E-state index in [0.29, 0.717) is 6.07 Å². The summed E-state index contributed by atoms with van der Waals surface area (Å²) < 4.78 is 83.9. The van der Waals surface area contributed by atoms with Crippen molar-refractivity contribution in [1.29, 1.82) is 0 Å². The zero-order valence-corrected chi connectivity index (χ0v) is 12.6. The Hall–Kier alpha value is -1.29. The summed E-state index contributed by atoms with van der Waals surface area (Å²) in [5.41, 5.74) is 3.55. The van der Waals surface area contributed by atoms with E-state index in [2.05, 4.69) is 0 Å². The lowest BCUT2D eigenvalue weighted by molar-refractivity contribution is -0.138. The van der Waals surface area contributed by atoms with Crippen LogP contribution in [0.15, 0.2) is 18.2 Å². The average molecular weight is 345 g/mol. The first-order valence-corrected chi connectivity index (χ1v) is 9.52. The highest BCUT2D eigenvalue weighted by Crippen LogP contribution is 2.34. The van der Waals surface area contributed by atoms with Crippen LogP contribution < -0.4 is 5.73 Å². The van der Waals surface area contributed by atoms with Gasteiger partial charge in [0.1, 0.15) is 9.84 Å². The lowest BCUT2D eigenvalue weighted by atomic mass is 10.1. The van der Waals surface area contributed by atoms with E-state index < -0.39 is 54.2 Å². The molecular weight excluding hydrogens is 331 g/mol. The van der Waals surface area contributed by atoms with E-state index in [1.807, 2.05) is 0 Å². The fourth-order valence-corrected chi connectivity index (χ4v) is 4.67. The fraction of sp³-hybridized carbons (Fsp3) is 0.455. The number of halogens is 3. The summed E-state index contributed by atoms with van der Waals surface area (Å²) in [5, 5.41) is 0. The van der Waals surface area contributed by atoms with Crippen molar-refractivity contribution in [2.24, 2.45) is 0 Å². The standard InChI is InChI=1S/C11H14F3NO4S2/c1-20(16,17)4-5-21(18,19)7-8-2-3-9(15)6-10(8)11(12,13)14/h2-3,6H,4-5,7,15H2,1H3. The Morgan fingerprint density at radius 2 is 1.67 bits per heavy atom. The molecule has 1 rings (SSSR count). The van der Waals surface area contributed by atoms with Crippen molar-refractivity contribution in [2.45, 2.75) is 11.9 Å². The highest BCUT2D eigenvalue weighted by molar-refractivity contribution is 7.94. The monoisotopic (exact) mass is 345 g/mol. The molecule has 10 heteroatoms. The van der Waals surface area contributed by atoms with Crippen LogP contribution in [0.3, 0.4) is 0 Å². The number of benzene rings is 1. The predicted molar refractivity (Wildman–Crippen MR) is 73.1 cm³/mol. The number of rotatable bonds is 5. The Bertz CT molecular complexity index is 724. The van der Waals surface area contributed by atoms with E-state index in [9.17, 15) is 30.0 Å². The third-order valence-electron chi connectivity index (χ3n) is 2.58. The lowest BCUT2D eigenvalue weighted by Gasteiger charge is -2.13. The maximum Gasteiger partial charge on any atom is 0.416 e. The van der Waals surface area contributed by atoms with Crippen LogP contribution in [0.2, 0.25) is 0 Å². The van der Waals surface area contributed by atoms with Gasteiger partial charge < -0.3 is 5.73 Å². The number of hydrogen-bond acceptors (Lipinski definition) is 5. The summed E-state index contributed by atoms with van der Waals surface area (Å²) in [4.78, 5) is 0. The smallest absolute Gasteiger partial charge is 0.399 e. The molecule has 1 aromatic rings. The van der Waals surface area contributed by atoms with Crippen LogP contribution in [0.5, 0.6) is 0 Å². The van der Waals surface area contributed by atoms with Gasteiger partial charge in [0.2, 0.25) is 0 Å². The Labute approximate surface area is 120 Å². The van der Waals surface area contributed by atoms with Crippen molar-refractivity contribution < 1.29 is 30.0 Å². The molecule has 0 aliphatic carbocycles. The van der Waals surface area contributed by atoms with Crippen LogP contribution in [0.4, 0.5) is 18.9 Å². The molecule has 0 unspecified atom stereocenters. The third kappa shape index (κ3) is 5.92. The van der Waals surface area contributed by atoms with E-state index in [4.69, 9.17) is 5.73 Å². The number of sulfone groups is 2. The molecule has 2 N–H and O–H groups in total. The molecule has 0 bridgehead atoms. The Balaban J connectivity index is 3.08. The molecule has 0 spiro atoms. The minimum absolute atomic E-state index is 0.139. The largest absolute Gasteiger partial charge is 0.416 e. The van der Waals surface area contributed by atoms with Crippen LogP contribution in [-0.4, -0.2) is 34.6 Å². The van der Waals surface area contributed by atoms with E-state index >= 15 is 0 Å². The van der Waals surface area contributed by atoms with Gasteiger partial charge in [-0.05, 0) is 17.7 Å². The first-order valence-electron chi connectivity index (χ1n) is 5.64. The molecule has 0 amide bonds. The molecule has 0 atom stereocenters. The van der Waals surface area contributed by atoms with E-state index in [1.165, 1.54) is 0 Å². The number of nitrogen functional groups attached to an aromatic ring is 1. The van der Waals surface area contributed by atoms with Crippen LogP contribution in [0, 0.1) is 0 Å². The molecule has 0 fully saturated rings. The van der Waals surface area contributed by atoms with Crippen LogP contribution in [0.1, 0.15) is 11.1 Å². The van der Waals surface area contributed by atoms with E-state index in [0.717, 1.165) is 18.4 Å². The van der Waals surface area contributed by atoms with Gasteiger partial charge in [0.05, 0.1) is 22.8 Å². The predicted octanol–water partition coefficient (Wildman–Crippen LogP) is 1.25. The molecule has 0 aliphatic rings. The maximum atomic E-state index is 12.8. The first kappa shape index (κ1) is 17.8. The highest BCUT2D eigenvalue weighted by atomic mass is 32.2. The summed E-state index contributed by atoms with van der Waals surface area (Å²) in [6, 6.07) is 2.80. The zero-order valence-electron chi connectivity index (χ0n) is 11.0. The van der Waals surface area contributed by atoms with Crippen molar-refractivity contribution in [2.75, 3.05) is 23.5 Å². The van der Waals surface area contributed by atoms with Gasteiger partial charge in [-0.15, -0.1) is 0 Å². The summed E-state index contributed by atoms with van der Waals surface area (Å²) in [5.74, 6) is -2.25. The molecule has 0 aliphatic heterocycles. The number of hydrogen-bond donors (Lipinski definition) is 1.